The van der Waals surface area contributed by atoms with Crippen molar-refractivity contribution >= 4 is 29.7 Å². The van der Waals surface area contributed by atoms with Gasteiger partial charge >= 0.3 is 0 Å². The van der Waals surface area contributed by atoms with Crippen LogP contribution in [0.2, 0.25) is 0 Å². The second kappa shape index (κ2) is 8.72. The first kappa shape index (κ1) is 21.0. The van der Waals surface area contributed by atoms with Crippen LogP contribution in [0.25, 0.3) is 0 Å². The summed E-state index contributed by atoms with van der Waals surface area (Å²) in [5, 5.41) is 7.63. The molecule has 1 unspecified atom stereocenters. The maximum absolute atomic E-state index is 13.6. The summed E-state index contributed by atoms with van der Waals surface area (Å²) in [4.78, 5) is 15.7. The Hall–Kier alpha value is -1.76. The summed E-state index contributed by atoms with van der Waals surface area (Å²) in [7, 11) is 3.18. The van der Waals surface area contributed by atoms with Gasteiger partial charge in [0, 0.05) is 12.6 Å². The van der Waals surface area contributed by atoms with Gasteiger partial charge in [-0.3, -0.25) is 4.79 Å². The minimum absolute atomic E-state index is 0. The zero-order valence-corrected chi connectivity index (χ0v) is 17.9. The molecule has 152 valence electrons. The number of halogens is 1. The molecule has 1 spiro atoms. The maximum Gasteiger partial charge on any atom is 0.258 e. The zero-order chi connectivity index (χ0) is 18.9. The van der Waals surface area contributed by atoms with E-state index in [9.17, 15) is 4.79 Å². The average molecular weight is 423 g/mol. The first-order valence-corrected chi connectivity index (χ1v) is 10.4. The highest BCUT2D eigenvalue weighted by Gasteiger charge is 2.58. The van der Waals surface area contributed by atoms with E-state index in [0.29, 0.717) is 29.6 Å². The van der Waals surface area contributed by atoms with Crippen molar-refractivity contribution in [2.45, 2.75) is 31.8 Å². The minimum atomic E-state index is 0. The molecule has 28 heavy (non-hydrogen) atoms. The van der Waals surface area contributed by atoms with Gasteiger partial charge in [0.05, 0.1) is 19.8 Å². The number of benzene rings is 1. The Morgan fingerprint density at radius 3 is 2.68 bits per heavy atom. The molecule has 4 rings (SSSR count). The first-order valence-electron chi connectivity index (χ1n) is 9.42. The van der Waals surface area contributed by atoms with Crippen LogP contribution in [0.1, 0.15) is 35.2 Å². The van der Waals surface area contributed by atoms with Crippen LogP contribution in [0.4, 0.5) is 0 Å². The highest BCUT2D eigenvalue weighted by Crippen LogP contribution is 2.56. The van der Waals surface area contributed by atoms with Crippen molar-refractivity contribution in [2.75, 3.05) is 27.3 Å². The topological polar surface area (TPSA) is 50.8 Å². The van der Waals surface area contributed by atoms with E-state index in [1.807, 2.05) is 18.2 Å². The summed E-state index contributed by atoms with van der Waals surface area (Å²) >= 11 is 1.67. The van der Waals surface area contributed by atoms with E-state index in [1.165, 1.54) is 5.56 Å². The Bertz CT molecular complexity index is 806. The van der Waals surface area contributed by atoms with Gasteiger partial charge in [-0.15, -0.1) is 12.4 Å². The third-order valence-electron chi connectivity index (χ3n) is 5.95. The number of carbonyl (C=O) groups excluding carboxylic acids is 1. The van der Waals surface area contributed by atoms with Crippen LogP contribution in [-0.2, 0) is 6.54 Å². The second-order valence-corrected chi connectivity index (χ2v) is 8.22. The second-order valence-electron chi connectivity index (χ2n) is 7.44. The number of nitrogens with zero attached hydrogens (tertiary/aromatic N) is 1. The smallest absolute Gasteiger partial charge is 0.258 e. The highest BCUT2D eigenvalue weighted by molar-refractivity contribution is 7.07. The molecule has 1 atom stereocenters. The number of carbonyl (C=O) groups is 1. The number of methoxy groups -OCH3 is 2. The van der Waals surface area contributed by atoms with Gasteiger partial charge in [-0.05, 0) is 72.3 Å². The Morgan fingerprint density at radius 2 is 2.04 bits per heavy atom. The number of rotatable bonds is 6. The lowest BCUT2D eigenvalue weighted by atomic mass is 9.93. The summed E-state index contributed by atoms with van der Waals surface area (Å²) in [6.45, 7) is 2.72. The number of piperidine rings is 1. The van der Waals surface area contributed by atoms with Gasteiger partial charge in [0.15, 0.2) is 11.5 Å². The van der Waals surface area contributed by atoms with Gasteiger partial charge < -0.3 is 19.7 Å². The molecule has 1 N–H and O–H groups in total. The molecule has 1 aromatic heterocycles. The molecule has 2 fully saturated rings. The van der Waals surface area contributed by atoms with Crippen molar-refractivity contribution in [3.8, 4) is 11.5 Å². The fourth-order valence-corrected chi connectivity index (χ4v) is 5.00. The average Bonchev–Trinajstić information content (AvgIpc) is 3.14. The molecule has 2 heterocycles. The van der Waals surface area contributed by atoms with Gasteiger partial charge in [0.25, 0.3) is 5.91 Å². The van der Waals surface area contributed by atoms with Gasteiger partial charge in [-0.25, -0.2) is 0 Å². The number of ether oxygens (including phenoxy) is 2. The Balaban J connectivity index is 0.00000225. The number of amides is 1. The van der Waals surface area contributed by atoms with Crippen molar-refractivity contribution in [3.05, 3.63) is 46.2 Å². The summed E-state index contributed by atoms with van der Waals surface area (Å²) in [5.74, 6) is 1.13. The van der Waals surface area contributed by atoms with Crippen LogP contribution in [0.5, 0.6) is 11.5 Å². The lowest BCUT2D eigenvalue weighted by Gasteiger charge is -2.30. The molecule has 1 saturated carbocycles. The fourth-order valence-electron chi connectivity index (χ4n) is 4.34. The number of hydrogen-bond donors (Lipinski definition) is 1. The van der Waals surface area contributed by atoms with Crippen LogP contribution >= 0.6 is 23.7 Å². The SMILES string of the molecule is COc1cccc(C(=O)N(Cc2ccsc2)C2CC23CCNCC3)c1OC.Cl. The molecule has 1 aliphatic heterocycles. The van der Waals surface area contributed by atoms with Crippen molar-refractivity contribution in [2.24, 2.45) is 5.41 Å². The molecule has 0 radical (unpaired) electrons. The Morgan fingerprint density at radius 1 is 1.25 bits per heavy atom. The molecule has 1 saturated heterocycles. The predicted octanol–water partition coefficient (Wildman–Crippen LogP) is 3.97. The first-order chi connectivity index (χ1) is 13.2. The number of thiophene rings is 1. The predicted molar refractivity (Wildman–Crippen MR) is 114 cm³/mol. The van der Waals surface area contributed by atoms with E-state index in [0.717, 1.165) is 32.4 Å². The third-order valence-corrected chi connectivity index (χ3v) is 6.68. The zero-order valence-electron chi connectivity index (χ0n) is 16.3. The van der Waals surface area contributed by atoms with Crippen molar-refractivity contribution in [3.63, 3.8) is 0 Å². The molecule has 1 amide bonds. The number of nitrogens with one attached hydrogen (secondary N) is 1. The maximum atomic E-state index is 13.6. The van der Waals surface area contributed by atoms with Gasteiger partial charge in [0.1, 0.15) is 0 Å². The number of para-hydroxylation sites is 1. The van der Waals surface area contributed by atoms with E-state index < -0.39 is 0 Å². The summed E-state index contributed by atoms with van der Waals surface area (Å²) < 4.78 is 10.9. The fraction of sp³-hybridized carbons (Fsp3) is 0.476. The van der Waals surface area contributed by atoms with Crippen molar-refractivity contribution in [1.29, 1.82) is 0 Å². The highest BCUT2D eigenvalue weighted by atomic mass is 35.5. The van der Waals surface area contributed by atoms with E-state index in [1.54, 1.807) is 25.6 Å². The summed E-state index contributed by atoms with van der Waals surface area (Å²) in [6, 6.07) is 7.91. The Kier molecular flexibility index (Phi) is 6.53. The molecule has 2 aliphatic rings. The van der Waals surface area contributed by atoms with Crippen LogP contribution < -0.4 is 14.8 Å². The van der Waals surface area contributed by atoms with Crippen LogP contribution in [0.3, 0.4) is 0 Å². The molecule has 7 heteroatoms. The van der Waals surface area contributed by atoms with Crippen molar-refractivity contribution < 1.29 is 14.3 Å². The standard InChI is InChI=1S/C21H26N2O3S.ClH/c1-25-17-5-3-4-16(19(17)26-2)20(24)23(13-15-6-11-27-14-15)18-12-21(18)7-9-22-10-8-21;/h3-6,11,14,18,22H,7-10,12-13H2,1-2H3;1H. The summed E-state index contributed by atoms with van der Waals surface area (Å²) in [6.07, 6.45) is 3.37. The Labute approximate surface area is 176 Å². The van der Waals surface area contributed by atoms with Gasteiger partial charge in [0.2, 0.25) is 0 Å². The van der Waals surface area contributed by atoms with E-state index in [2.05, 4.69) is 27.0 Å². The van der Waals surface area contributed by atoms with Crippen LogP contribution in [-0.4, -0.2) is 44.2 Å². The third kappa shape index (κ3) is 3.86. The molecular weight excluding hydrogens is 396 g/mol. The molecule has 1 aliphatic carbocycles. The minimum Gasteiger partial charge on any atom is -0.493 e. The molecule has 0 bridgehead atoms. The van der Waals surface area contributed by atoms with Crippen LogP contribution in [0.15, 0.2) is 35.0 Å². The normalized spacial score (nSPS) is 19.6. The summed E-state index contributed by atoms with van der Waals surface area (Å²) in [5.41, 5.74) is 2.04. The molecule has 1 aromatic carbocycles. The van der Waals surface area contributed by atoms with E-state index in [4.69, 9.17) is 9.47 Å². The monoisotopic (exact) mass is 422 g/mol. The van der Waals surface area contributed by atoms with Crippen molar-refractivity contribution in [1.82, 2.24) is 10.2 Å². The van der Waals surface area contributed by atoms with E-state index >= 15 is 0 Å². The molecular formula is C21H27ClN2O3S. The van der Waals surface area contributed by atoms with Gasteiger partial charge in [-0.2, -0.15) is 11.3 Å². The van der Waals surface area contributed by atoms with E-state index in [-0.39, 0.29) is 23.7 Å². The quantitative estimate of drug-likeness (QED) is 0.765. The lowest BCUT2D eigenvalue weighted by Crippen LogP contribution is -2.39. The largest absolute Gasteiger partial charge is 0.493 e. The molecule has 5 nitrogen and oxygen atoms in total. The number of hydrogen-bond acceptors (Lipinski definition) is 5. The van der Waals surface area contributed by atoms with Gasteiger partial charge in [-0.1, -0.05) is 6.07 Å². The lowest BCUT2D eigenvalue weighted by molar-refractivity contribution is 0.0688. The van der Waals surface area contributed by atoms with Crippen LogP contribution in [0, 0.1) is 5.41 Å². The molecule has 2 aromatic rings.